The third-order valence-electron chi connectivity index (χ3n) is 5.25. The fourth-order valence-electron chi connectivity index (χ4n) is 3.52. The molecule has 0 bridgehead atoms. The van der Waals surface area contributed by atoms with E-state index in [2.05, 4.69) is 0 Å². The standard InChI is InChI=1S/C20H20O12/c1-29-11-4-10-13(14(24)6-2-7(22)8(23)3-9(6)30-10)16(26)19(11)32-20-18(28)17(27)15(25)12(5-21)31-20/h2-4,12,15,17-18,20-23,25-28H,5H2,1H3/t12-,15-,17+,18-,20+/m1/s1. The van der Waals surface area contributed by atoms with Crippen LogP contribution < -0.4 is 14.9 Å². The maximum Gasteiger partial charge on any atom is 0.229 e. The number of aliphatic hydroxyl groups excluding tert-OH is 4. The summed E-state index contributed by atoms with van der Waals surface area (Å²) in [5.41, 5.74) is -0.972. The predicted molar refractivity (Wildman–Crippen MR) is 106 cm³/mol. The summed E-state index contributed by atoms with van der Waals surface area (Å²) in [5.74, 6) is -2.43. The second kappa shape index (κ2) is 8.00. The van der Waals surface area contributed by atoms with Crippen molar-refractivity contribution in [3.05, 3.63) is 28.4 Å². The molecule has 32 heavy (non-hydrogen) atoms. The molecule has 0 spiro atoms. The highest BCUT2D eigenvalue weighted by atomic mass is 16.7. The van der Waals surface area contributed by atoms with Gasteiger partial charge in [0.05, 0.1) is 19.1 Å². The van der Waals surface area contributed by atoms with Crippen LogP contribution in [0.2, 0.25) is 0 Å². The smallest absolute Gasteiger partial charge is 0.229 e. The van der Waals surface area contributed by atoms with Crippen LogP contribution in [0.4, 0.5) is 0 Å². The van der Waals surface area contributed by atoms with Crippen molar-refractivity contribution in [1.82, 2.24) is 0 Å². The van der Waals surface area contributed by atoms with Gasteiger partial charge in [0.2, 0.25) is 17.5 Å². The van der Waals surface area contributed by atoms with Crippen molar-refractivity contribution >= 4 is 21.9 Å². The summed E-state index contributed by atoms with van der Waals surface area (Å²) >= 11 is 0. The SMILES string of the molecule is COc1cc2oc3cc(O)c(O)cc3c(=O)c2c(O)c1O[C@@H]1O[C@H](CO)[C@@H](O)[C@H](O)[C@H]1O. The van der Waals surface area contributed by atoms with Crippen molar-refractivity contribution < 1.29 is 54.4 Å². The van der Waals surface area contributed by atoms with Crippen LogP contribution in [0.25, 0.3) is 21.9 Å². The van der Waals surface area contributed by atoms with Gasteiger partial charge in [-0.2, -0.15) is 0 Å². The Labute approximate surface area is 178 Å². The van der Waals surface area contributed by atoms with E-state index in [9.17, 15) is 40.5 Å². The third-order valence-corrected chi connectivity index (χ3v) is 5.25. The van der Waals surface area contributed by atoms with Gasteiger partial charge in [-0.05, 0) is 6.07 Å². The Morgan fingerprint density at radius 2 is 1.66 bits per heavy atom. The van der Waals surface area contributed by atoms with Gasteiger partial charge in [0, 0.05) is 12.1 Å². The first-order chi connectivity index (χ1) is 15.2. The van der Waals surface area contributed by atoms with Gasteiger partial charge in [-0.1, -0.05) is 0 Å². The van der Waals surface area contributed by atoms with Crippen LogP contribution in [-0.4, -0.2) is 80.2 Å². The van der Waals surface area contributed by atoms with E-state index >= 15 is 0 Å². The van der Waals surface area contributed by atoms with Crippen molar-refractivity contribution in [2.24, 2.45) is 0 Å². The molecule has 7 N–H and O–H groups in total. The number of ether oxygens (including phenoxy) is 3. The molecular weight excluding hydrogens is 432 g/mol. The first-order valence-electron chi connectivity index (χ1n) is 9.37. The number of hydrogen-bond donors (Lipinski definition) is 7. The Morgan fingerprint density at radius 1 is 0.969 bits per heavy atom. The number of methoxy groups -OCH3 is 1. The van der Waals surface area contributed by atoms with Gasteiger partial charge in [0.25, 0.3) is 0 Å². The van der Waals surface area contributed by atoms with E-state index in [-0.39, 0.29) is 27.7 Å². The van der Waals surface area contributed by atoms with Crippen molar-refractivity contribution in [3.63, 3.8) is 0 Å². The Hall–Kier alpha value is -3.29. The molecule has 0 amide bonds. The molecule has 0 saturated carbocycles. The molecule has 1 aliphatic heterocycles. The van der Waals surface area contributed by atoms with Gasteiger partial charge in [-0.25, -0.2) is 0 Å². The minimum absolute atomic E-state index is 0.0677. The number of aromatic hydroxyl groups is 3. The lowest BCUT2D eigenvalue weighted by atomic mass is 9.99. The van der Waals surface area contributed by atoms with Crippen LogP contribution in [0.3, 0.4) is 0 Å². The van der Waals surface area contributed by atoms with E-state index in [0.29, 0.717) is 0 Å². The fourth-order valence-corrected chi connectivity index (χ4v) is 3.52. The van der Waals surface area contributed by atoms with Crippen molar-refractivity contribution in [3.8, 4) is 28.7 Å². The minimum atomic E-state index is -1.78. The molecule has 0 radical (unpaired) electrons. The van der Waals surface area contributed by atoms with Crippen molar-refractivity contribution in [2.75, 3.05) is 13.7 Å². The molecule has 0 unspecified atom stereocenters. The van der Waals surface area contributed by atoms with E-state index < -0.39 is 65.7 Å². The maximum atomic E-state index is 13.0. The first-order valence-corrected chi connectivity index (χ1v) is 9.37. The van der Waals surface area contributed by atoms with Gasteiger partial charge in [-0.15, -0.1) is 0 Å². The zero-order chi connectivity index (χ0) is 23.3. The largest absolute Gasteiger partial charge is 0.504 e. The van der Waals surface area contributed by atoms with Crippen LogP contribution in [0.5, 0.6) is 28.7 Å². The molecular formula is C20H20O12. The van der Waals surface area contributed by atoms with Gasteiger partial charge in [0.1, 0.15) is 41.0 Å². The number of aliphatic hydroxyl groups is 4. The van der Waals surface area contributed by atoms with Gasteiger partial charge < -0.3 is 54.4 Å². The molecule has 12 heteroatoms. The Morgan fingerprint density at radius 3 is 2.31 bits per heavy atom. The van der Waals surface area contributed by atoms with Crippen LogP contribution in [0.1, 0.15) is 0 Å². The molecule has 12 nitrogen and oxygen atoms in total. The normalized spacial score (nSPS) is 25.8. The molecule has 2 heterocycles. The highest BCUT2D eigenvalue weighted by Gasteiger charge is 2.45. The van der Waals surface area contributed by atoms with E-state index in [1.165, 1.54) is 13.2 Å². The summed E-state index contributed by atoms with van der Waals surface area (Å²) in [4.78, 5) is 13.0. The van der Waals surface area contributed by atoms with Crippen molar-refractivity contribution in [1.29, 1.82) is 0 Å². The van der Waals surface area contributed by atoms with E-state index in [1.807, 2.05) is 0 Å². The molecule has 1 aliphatic rings. The molecule has 1 aromatic heterocycles. The van der Waals surface area contributed by atoms with Crippen LogP contribution in [0.15, 0.2) is 27.4 Å². The highest BCUT2D eigenvalue weighted by Crippen LogP contribution is 2.44. The molecule has 1 saturated heterocycles. The number of fused-ring (bicyclic) bond motifs is 2. The number of hydrogen-bond acceptors (Lipinski definition) is 12. The lowest BCUT2D eigenvalue weighted by Crippen LogP contribution is -2.60. The summed E-state index contributed by atoms with van der Waals surface area (Å²) < 4.78 is 21.5. The lowest BCUT2D eigenvalue weighted by Gasteiger charge is -2.39. The monoisotopic (exact) mass is 452 g/mol. The Balaban J connectivity index is 1.87. The van der Waals surface area contributed by atoms with Crippen LogP contribution in [-0.2, 0) is 4.74 Å². The minimum Gasteiger partial charge on any atom is -0.504 e. The Kier molecular flexibility index (Phi) is 5.48. The average molecular weight is 452 g/mol. The number of phenolic OH excluding ortho intramolecular Hbond substituents is 3. The van der Waals surface area contributed by atoms with Crippen molar-refractivity contribution in [2.45, 2.75) is 30.7 Å². The summed E-state index contributed by atoms with van der Waals surface area (Å²) in [6, 6.07) is 3.21. The zero-order valence-corrected chi connectivity index (χ0v) is 16.5. The van der Waals surface area contributed by atoms with Crippen LogP contribution in [0, 0.1) is 0 Å². The van der Waals surface area contributed by atoms with E-state index in [0.717, 1.165) is 12.1 Å². The Bertz CT molecular complexity index is 1230. The molecule has 2 aromatic carbocycles. The fraction of sp³-hybridized carbons (Fsp3) is 0.350. The van der Waals surface area contributed by atoms with Crippen LogP contribution >= 0.6 is 0 Å². The third kappa shape index (κ3) is 3.34. The number of rotatable bonds is 4. The number of phenols is 3. The van der Waals surface area contributed by atoms with Gasteiger partial charge in [0.15, 0.2) is 23.0 Å². The summed E-state index contributed by atoms with van der Waals surface area (Å²) in [5, 5.41) is 69.1. The molecule has 0 aliphatic carbocycles. The summed E-state index contributed by atoms with van der Waals surface area (Å²) in [6.45, 7) is -0.697. The molecule has 4 rings (SSSR count). The topological polar surface area (TPSA) is 200 Å². The molecule has 3 aromatic rings. The summed E-state index contributed by atoms with van der Waals surface area (Å²) in [6.07, 6.45) is -8.05. The lowest BCUT2D eigenvalue weighted by molar-refractivity contribution is -0.277. The van der Waals surface area contributed by atoms with E-state index in [1.54, 1.807) is 0 Å². The molecule has 172 valence electrons. The van der Waals surface area contributed by atoms with E-state index in [4.69, 9.17) is 18.6 Å². The van der Waals surface area contributed by atoms with Gasteiger partial charge >= 0.3 is 0 Å². The molecule has 1 fully saturated rings. The zero-order valence-electron chi connectivity index (χ0n) is 16.5. The predicted octanol–water partition coefficient (Wildman–Crippen LogP) is -0.750. The number of benzene rings is 2. The summed E-state index contributed by atoms with van der Waals surface area (Å²) in [7, 11) is 1.23. The second-order valence-electron chi connectivity index (χ2n) is 7.21. The van der Waals surface area contributed by atoms with Gasteiger partial charge in [-0.3, -0.25) is 4.79 Å². The highest BCUT2D eigenvalue weighted by molar-refractivity contribution is 5.96. The molecule has 5 atom stereocenters. The quantitative estimate of drug-likeness (QED) is 0.193. The average Bonchev–Trinajstić information content (AvgIpc) is 2.76. The first kappa shape index (κ1) is 21.9. The maximum absolute atomic E-state index is 13.0. The second-order valence-corrected chi connectivity index (χ2v) is 7.21.